The predicted molar refractivity (Wildman–Crippen MR) is 133 cm³/mol. The van der Waals surface area contributed by atoms with Crippen LogP contribution in [0.15, 0.2) is 48.5 Å². The maximum absolute atomic E-state index is 13.2. The minimum absolute atomic E-state index is 0.0154. The molecule has 1 N–H and O–H groups in total. The van der Waals surface area contributed by atoms with Gasteiger partial charge in [0.15, 0.2) is 0 Å². The molecular formula is C27H30FN3O2S. The summed E-state index contributed by atoms with van der Waals surface area (Å²) in [5, 5.41) is 3.78. The molecule has 2 heterocycles. The second kappa shape index (κ2) is 10.5. The molecule has 0 saturated carbocycles. The molecule has 7 heteroatoms. The minimum atomic E-state index is -0.297. The Hall–Kier alpha value is -3.06. The summed E-state index contributed by atoms with van der Waals surface area (Å²) >= 11 is 1.35. The highest BCUT2D eigenvalue weighted by Crippen LogP contribution is 2.31. The van der Waals surface area contributed by atoms with E-state index in [-0.39, 0.29) is 29.5 Å². The van der Waals surface area contributed by atoms with Crippen molar-refractivity contribution in [1.82, 2.24) is 15.2 Å². The zero-order valence-electron chi connectivity index (χ0n) is 19.8. The summed E-state index contributed by atoms with van der Waals surface area (Å²) in [7, 11) is 0. The van der Waals surface area contributed by atoms with Crippen molar-refractivity contribution in [2.45, 2.75) is 40.2 Å². The molecule has 5 nitrogen and oxygen atoms in total. The number of piperidine rings is 1. The maximum Gasteiger partial charge on any atom is 0.265 e. The summed E-state index contributed by atoms with van der Waals surface area (Å²) in [4.78, 5) is 32.9. The molecule has 2 amide bonds. The normalized spacial score (nSPS) is 15.2. The predicted octanol–water partition coefficient (Wildman–Crippen LogP) is 5.37. The molecule has 34 heavy (non-hydrogen) atoms. The SMILES string of the molecule is Cc1cccc(CNC(=O)[C@@H](C)C2CCN(C(=O)c3sc(-c4ccc(F)cc4)nc3C)CC2)c1. The zero-order chi connectivity index (χ0) is 24.2. The number of aryl methyl sites for hydroxylation is 2. The summed E-state index contributed by atoms with van der Waals surface area (Å²) in [6.45, 7) is 7.65. The summed E-state index contributed by atoms with van der Waals surface area (Å²) < 4.78 is 13.2. The van der Waals surface area contributed by atoms with Crippen molar-refractivity contribution in [1.29, 1.82) is 0 Å². The topological polar surface area (TPSA) is 62.3 Å². The monoisotopic (exact) mass is 479 g/mol. The number of hydrogen-bond acceptors (Lipinski definition) is 4. The molecule has 1 aromatic heterocycles. The Bertz CT molecular complexity index is 1170. The van der Waals surface area contributed by atoms with Crippen molar-refractivity contribution in [3.63, 3.8) is 0 Å². The van der Waals surface area contributed by atoms with Crippen LogP contribution in [-0.4, -0.2) is 34.8 Å². The zero-order valence-corrected chi connectivity index (χ0v) is 20.6. The number of benzene rings is 2. The van der Waals surface area contributed by atoms with E-state index in [1.807, 2.05) is 43.9 Å². The van der Waals surface area contributed by atoms with E-state index < -0.39 is 0 Å². The Kier molecular flexibility index (Phi) is 7.41. The number of nitrogens with one attached hydrogen (secondary N) is 1. The number of nitrogens with zero attached hydrogens (tertiary/aromatic N) is 2. The van der Waals surface area contributed by atoms with Crippen molar-refractivity contribution < 1.29 is 14.0 Å². The third-order valence-corrected chi connectivity index (χ3v) is 7.77. The first-order chi connectivity index (χ1) is 16.3. The number of likely N-dealkylation sites (tertiary alicyclic amines) is 1. The van der Waals surface area contributed by atoms with Crippen LogP contribution in [-0.2, 0) is 11.3 Å². The van der Waals surface area contributed by atoms with Crippen molar-refractivity contribution in [2.75, 3.05) is 13.1 Å². The quantitative estimate of drug-likeness (QED) is 0.517. The van der Waals surface area contributed by atoms with Crippen LogP contribution in [0.4, 0.5) is 4.39 Å². The number of amides is 2. The Morgan fingerprint density at radius 3 is 2.53 bits per heavy atom. The van der Waals surface area contributed by atoms with Gasteiger partial charge in [0.05, 0.1) is 5.69 Å². The molecule has 1 aliphatic rings. The molecule has 0 bridgehead atoms. The van der Waals surface area contributed by atoms with E-state index in [1.165, 1.54) is 29.0 Å². The molecule has 178 valence electrons. The number of carbonyl (C=O) groups excluding carboxylic acids is 2. The van der Waals surface area contributed by atoms with Gasteiger partial charge in [0.25, 0.3) is 5.91 Å². The first-order valence-corrected chi connectivity index (χ1v) is 12.5. The summed E-state index contributed by atoms with van der Waals surface area (Å²) in [5.74, 6) is -0.0997. The molecule has 0 aliphatic carbocycles. The van der Waals surface area contributed by atoms with Gasteiger partial charge in [0.2, 0.25) is 5.91 Å². The molecular weight excluding hydrogens is 449 g/mol. The molecule has 0 radical (unpaired) electrons. The van der Waals surface area contributed by atoms with Crippen LogP contribution in [0.25, 0.3) is 10.6 Å². The minimum Gasteiger partial charge on any atom is -0.352 e. The fourth-order valence-corrected chi connectivity index (χ4v) is 5.48. The third-order valence-electron chi connectivity index (χ3n) is 6.58. The number of aromatic nitrogens is 1. The standard InChI is InChI=1S/C27H30FN3O2S/c1-17-5-4-6-20(15-17)16-29-25(32)18(2)21-11-13-31(14-12-21)27(33)24-19(3)30-26(34-24)22-7-9-23(28)10-8-22/h4-10,15,18,21H,11-14,16H2,1-3H3,(H,29,32)/t18-/m0/s1. The summed E-state index contributed by atoms with van der Waals surface area (Å²) in [6.07, 6.45) is 1.60. The Balaban J connectivity index is 1.32. The highest BCUT2D eigenvalue weighted by Gasteiger charge is 2.31. The van der Waals surface area contributed by atoms with E-state index in [1.54, 1.807) is 12.1 Å². The first-order valence-electron chi connectivity index (χ1n) is 11.7. The van der Waals surface area contributed by atoms with Gasteiger partial charge in [-0.25, -0.2) is 9.37 Å². The van der Waals surface area contributed by atoms with Gasteiger partial charge in [0, 0.05) is 31.1 Å². The molecule has 1 fully saturated rings. The van der Waals surface area contributed by atoms with Crippen molar-refractivity contribution >= 4 is 23.2 Å². The van der Waals surface area contributed by atoms with Crippen LogP contribution >= 0.6 is 11.3 Å². The number of hydrogen-bond donors (Lipinski definition) is 1. The average molecular weight is 480 g/mol. The van der Waals surface area contributed by atoms with E-state index in [9.17, 15) is 14.0 Å². The van der Waals surface area contributed by atoms with Crippen LogP contribution in [0.2, 0.25) is 0 Å². The van der Waals surface area contributed by atoms with Crippen molar-refractivity contribution in [3.05, 3.63) is 76.0 Å². The average Bonchev–Trinajstić information content (AvgIpc) is 3.23. The molecule has 4 rings (SSSR count). The van der Waals surface area contributed by atoms with Crippen LogP contribution in [0.1, 0.15) is 46.3 Å². The first kappa shape index (κ1) is 24.1. The fraction of sp³-hybridized carbons (Fsp3) is 0.370. The van der Waals surface area contributed by atoms with Gasteiger partial charge in [-0.05, 0) is 62.4 Å². The van der Waals surface area contributed by atoms with Gasteiger partial charge in [-0.1, -0.05) is 36.8 Å². The molecule has 1 aliphatic heterocycles. The number of halogens is 1. The second-order valence-electron chi connectivity index (χ2n) is 9.07. The van der Waals surface area contributed by atoms with E-state index in [2.05, 4.69) is 16.4 Å². The Morgan fingerprint density at radius 2 is 1.85 bits per heavy atom. The maximum atomic E-state index is 13.2. The lowest BCUT2D eigenvalue weighted by Gasteiger charge is -2.34. The molecule has 1 saturated heterocycles. The van der Waals surface area contributed by atoms with E-state index in [0.717, 1.165) is 29.0 Å². The number of carbonyl (C=O) groups is 2. The summed E-state index contributed by atoms with van der Waals surface area (Å²) in [5.41, 5.74) is 3.77. The Morgan fingerprint density at radius 1 is 1.15 bits per heavy atom. The largest absolute Gasteiger partial charge is 0.352 e. The highest BCUT2D eigenvalue weighted by atomic mass is 32.1. The van der Waals surface area contributed by atoms with Crippen molar-refractivity contribution in [2.24, 2.45) is 11.8 Å². The molecule has 0 spiro atoms. The molecule has 3 aromatic rings. The lowest BCUT2D eigenvalue weighted by atomic mass is 9.84. The van der Waals surface area contributed by atoms with Crippen LogP contribution < -0.4 is 5.32 Å². The van der Waals surface area contributed by atoms with Crippen LogP contribution in [0, 0.1) is 31.5 Å². The highest BCUT2D eigenvalue weighted by molar-refractivity contribution is 7.17. The summed E-state index contributed by atoms with van der Waals surface area (Å²) in [6, 6.07) is 14.3. The molecule has 2 aromatic carbocycles. The van der Waals surface area contributed by atoms with Crippen molar-refractivity contribution in [3.8, 4) is 10.6 Å². The van der Waals surface area contributed by atoms with Crippen LogP contribution in [0.5, 0.6) is 0 Å². The van der Waals surface area contributed by atoms with Gasteiger partial charge in [0.1, 0.15) is 15.7 Å². The Labute approximate surface area is 204 Å². The van der Waals surface area contributed by atoms with Crippen LogP contribution in [0.3, 0.4) is 0 Å². The lowest BCUT2D eigenvalue weighted by molar-refractivity contribution is -0.126. The fourth-order valence-electron chi connectivity index (χ4n) is 4.44. The third kappa shape index (κ3) is 5.53. The van der Waals surface area contributed by atoms with E-state index in [4.69, 9.17) is 0 Å². The van der Waals surface area contributed by atoms with Gasteiger partial charge >= 0.3 is 0 Å². The lowest BCUT2D eigenvalue weighted by Crippen LogP contribution is -2.42. The van der Waals surface area contributed by atoms with Gasteiger partial charge in [-0.2, -0.15) is 0 Å². The number of thiazole rings is 1. The molecule has 1 atom stereocenters. The molecule has 0 unspecified atom stereocenters. The smallest absolute Gasteiger partial charge is 0.265 e. The number of rotatable bonds is 6. The van der Waals surface area contributed by atoms with E-state index >= 15 is 0 Å². The van der Waals surface area contributed by atoms with Gasteiger partial charge in [-0.15, -0.1) is 11.3 Å². The van der Waals surface area contributed by atoms with Gasteiger partial charge in [-0.3, -0.25) is 9.59 Å². The van der Waals surface area contributed by atoms with E-state index in [0.29, 0.717) is 30.2 Å². The van der Waals surface area contributed by atoms with Gasteiger partial charge < -0.3 is 10.2 Å². The second-order valence-corrected chi connectivity index (χ2v) is 10.1.